The molecule has 1 aliphatic rings. The molecule has 0 aliphatic carbocycles. The first kappa shape index (κ1) is 24.7. The number of carbonyl (C=O) groups is 1. The molecule has 9 heteroatoms. The number of anilines is 1. The summed E-state index contributed by atoms with van der Waals surface area (Å²) in [5.41, 5.74) is 5.61. The zero-order chi connectivity index (χ0) is 20.1. The van der Waals surface area contributed by atoms with E-state index in [0.29, 0.717) is 31.6 Å². The Kier molecular flexibility index (Phi) is 9.20. The van der Waals surface area contributed by atoms with Gasteiger partial charge in [-0.15, -0.1) is 12.4 Å². The average Bonchev–Trinajstić information content (AvgIpc) is 2.70. The van der Waals surface area contributed by atoms with Gasteiger partial charge in [0.05, 0.1) is 12.5 Å². The van der Waals surface area contributed by atoms with E-state index >= 15 is 0 Å². The Morgan fingerprint density at radius 1 is 1.21 bits per heavy atom. The van der Waals surface area contributed by atoms with Crippen LogP contribution >= 0.6 is 12.4 Å². The van der Waals surface area contributed by atoms with Gasteiger partial charge in [-0.2, -0.15) is 4.31 Å². The molecule has 1 aliphatic heterocycles. The lowest BCUT2D eigenvalue weighted by molar-refractivity contribution is -0.125. The van der Waals surface area contributed by atoms with Gasteiger partial charge in [0.25, 0.3) is 0 Å². The number of carbonyl (C=O) groups excluding carboxylic acids is 1. The van der Waals surface area contributed by atoms with Crippen molar-refractivity contribution >= 4 is 34.0 Å². The fraction of sp³-hybridized carbons (Fsp3) is 0.632. The lowest BCUT2D eigenvalue weighted by Gasteiger charge is -2.29. The second-order valence-electron chi connectivity index (χ2n) is 6.98. The molecule has 3 N–H and O–H groups in total. The van der Waals surface area contributed by atoms with Gasteiger partial charge in [-0.3, -0.25) is 4.79 Å². The molecule has 1 aromatic carbocycles. The zero-order valence-corrected chi connectivity index (χ0v) is 18.5. The third-order valence-corrected chi connectivity index (χ3v) is 7.50. The monoisotopic (exact) mass is 433 g/mol. The van der Waals surface area contributed by atoms with Gasteiger partial charge in [0.1, 0.15) is 10.6 Å². The van der Waals surface area contributed by atoms with Crippen molar-refractivity contribution in [2.24, 2.45) is 11.1 Å². The third-order valence-electron chi connectivity index (χ3n) is 5.58. The number of hydrogen-bond donors (Lipinski definition) is 2. The highest BCUT2D eigenvalue weighted by Gasteiger charge is 2.34. The van der Waals surface area contributed by atoms with E-state index in [1.807, 2.05) is 13.8 Å². The molecule has 0 unspecified atom stereocenters. The summed E-state index contributed by atoms with van der Waals surface area (Å²) < 4.78 is 32.9. The lowest BCUT2D eigenvalue weighted by atomic mass is 9.81. The van der Waals surface area contributed by atoms with Gasteiger partial charge in [-0.25, -0.2) is 8.42 Å². The van der Waals surface area contributed by atoms with Crippen LogP contribution in [0, 0.1) is 5.41 Å². The standard InChI is InChI=1S/C19H31N3O4S.ClH/c1-4-19(5-2,14-20)18(23)21-15-9-10-16(26-3)17(13-15)27(24,25)22-11-7-6-8-12-22;/h9-10,13H,4-8,11-12,14,20H2,1-3H3,(H,21,23);1H. The number of nitrogens with one attached hydrogen (secondary N) is 1. The maximum atomic E-state index is 13.1. The smallest absolute Gasteiger partial charge is 0.246 e. The molecule has 0 spiro atoms. The zero-order valence-electron chi connectivity index (χ0n) is 16.9. The minimum absolute atomic E-state index is 0. The molecule has 0 bridgehead atoms. The molecular formula is C19H32ClN3O4S. The molecule has 0 radical (unpaired) electrons. The fourth-order valence-electron chi connectivity index (χ4n) is 3.42. The Hall–Kier alpha value is -1.35. The van der Waals surface area contributed by atoms with Gasteiger partial charge < -0.3 is 15.8 Å². The number of ether oxygens (including phenoxy) is 1. The summed E-state index contributed by atoms with van der Waals surface area (Å²) in [6, 6.07) is 4.71. The number of hydrogen-bond acceptors (Lipinski definition) is 5. The lowest BCUT2D eigenvalue weighted by Crippen LogP contribution is -2.41. The van der Waals surface area contributed by atoms with Gasteiger partial charge in [0, 0.05) is 25.3 Å². The van der Waals surface area contributed by atoms with Crippen molar-refractivity contribution in [2.45, 2.75) is 50.8 Å². The molecule has 1 fully saturated rings. The number of nitrogens with zero attached hydrogens (tertiary/aromatic N) is 1. The van der Waals surface area contributed by atoms with Gasteiger partial charge in [-0.05, 0) is 43.9 Å². The first-order valence-electron chi connectivity index (χ1n) is 9.54. The molecule has 0 atom stereocenters. The first-order chi connectivity index (χ1) is 12.8. The molecule has 7 nitrogen and oxygen atoms in total. The van der Waals surface area contributed by atoms with Gasteiger partial charge >= 0.3 is 0 Å². The van der Waals surface area contributed by atoms with Crippen molar-refractivity contribution in [2.75, 3.05) is 32.1 Å². The summed E-state index contributed by atoms with van der Waals surface area (Å²) in [7, 11) is -2.24. The van der Waals surface area contributed by atoms with Crippen LogP contribution in [0.2, 0.25) is 0 Å². The van der Waals surface area contributed by atoms with Crippen LogP contribution in [-0.4, -0.2) is 45.4 Å². The van der Waals surface area contributed by atoms with Crippen molar-refractivity contribution in [3.8, 4) is 5.75 Å². The number of benzene rings is 1. The summed E-state index contributed by atoms with van der Waals surface area (Å²) in [5, 5.41) is 2.84. The van der Waals surface area contributed by atoms with Crippen LogP contribution in [0.15, 0.2) is 23.1 Å². The van der Waals surface area contributed by atoms with Crippen LogP contribution < -0.4 is 15.8 Å². The van der Waals surface area contributed by atoms with E-state index in [1.165, 1.54) is 17.5 Å². The predicted octanol–water partition coefficient (Wildman–Crippen LogP) is 3.00. The van der Waals surface area contributed by atoms with E-state index in [9.17, 15) is 13.2 Å². The summed E-state index contributed by atoms with van der Waals surface area (Å²) in [6.45, 7) is 5.10. The van der Waals surface area contributed by atoms with E-state index < -0.39 is 15.4 Å². The molecule has 1 saturated heterocycles. The summed E-state index contributed by atoms with van der Waals surface area (Å²) in [4.78, 5) is 12.8. The highest BCUT2D eigenvalue weighted by Crippen LogP contribution is 2.32. The van der Waals surface area contributed by atoms with Crippen LogP contribution in [0.3, 0.4) is 0 Å². The van der Waals surface area contributed by atoms with E-state index in [4.69, 9.17) is 10.5 Å². The maximum absolute atomic E-state index is 13.1. The van der Waals surface area contributed by atoms with E-state index in [2.05, 4.69) is 5.32 Å². The number of amides is 1. The number of sulfonamides is 1. The minimum atomic E-state index is -3.68. The fourth-order valence-corrected chi connectivity index (χ4v) is 5.12. The largest absolute Gasteiger partial charge is 0.495 e. The molecule has 0 aromatic heterocycles. The van der Waals surface area contributed by atoms with Crippen LogP contribution in [0.25, 0.3) is 0 Å². The SMILES string of the molecule is CCC(CC)(CN)C(=O)Nc1ccc(OC)c(S(=O)(=O)N2CCCCC2)c1.Cl. The van der Waals surface area contributed by atoms with Crippen LogP contribution in [-0.2, 0) is 14.8 Å². The molecule has 28 heavy (non-hydrogen) atoms. The number of halogens is 1. The molecule has 160 valence electrons. The number of nitrogens with two attached hydrogens (primary N) is 1. The Labute approximate surface area is 174 Å². The number of methoxy groups -OCH3 is 1. The van der Waals surface area contributed by atoms with Crippen molar-refractivity contribution in [3.63, 3.8) is 0 Å². The molecule has 0 saturated carbocycles. The van der Waals surface area contributed by atoms with Crippen molar-refractivity contribution in [1.82, 2.24) is 4.31 Å². The number of rotatable bonds is 8. The van der Waals surface area contributed by atoms with Gasteiger partial charge in [0.15, 0.2) is 0 Å². The second-order valence-corrected chi connectivity index (χ2v) is 8.88. The number of piperidine rings is 1. The normalized spacial score (nSPS) is 15.6. The van der Waals surface area contributed by atoms with Crippen LogP contribution in [0.5, 0.6) is 5.75 Å². The van der Waals surface area contributed by atoms with Crippen LogP contribution in [0.4, 0.5) is 5.69 Å². The quantitative estimate of drug-likeness (QED) is 0.656. The third kappa shape index (κ3) is 4.97. The maximum Gasteiger partial charge on any atom is 0.246 e. The Morgan fingerprint density at radius 2 is 1.82 bits per heavy atom. The van der Waals surface area contributed by atoms with E-state index in [-0.39, 0.29) is 35.5 Å². The molecule has 1 aromatic rings. The highest BCUT2D eigenvalue weighted by molar-refractivity contribution is 7.89. The van der Waals surface area contributed by atoms with Crippen molar-refractivity contribution in [1.29, 1.82) is 0 Å². The highest BCUT2D eigenvalue weighted by atomic mass is 35.5. The van der Waals surface area contributed by atoms with E-state index in [0.717, 1.165) is 19.3 Å². The van der Waals surface area contributed by atoms with Crippen molar-refractivity contribution in [3.05, 3.63) is 18.2 Å². The van der Waals surface area contributed by atoms with Crippen molar-refractivity contribution < 1.29 is 17.9 Å². The molecular weight excluding hydrogens is 402 g/mol. The first-order valence-corrected chi connectivity index (χ1v) is 11.0. The Balaban J connectivity index is 0.00000392. The molecule has 1 amide bonds. The Bertz CT molecular complexity index is 752. The van der Waals surface area contributed by atoms with Gasteiger partial charge in [0.2, 0.25) is 15.9 Å². The summed E-state index contributed by atoms with van der Waals surface area (Å²) in [6.07, 6.45) is 3.96. The Morgan fingerprint density at radius 3 is 2.32 bits per heavy atom. The molecule has 1 heterocycles. The van der Waals surface area contributed by atoms with Gasteiger partial charge in [-0.1, -0.05) is 20.3 Å². The second kappa shape index (κ2) is 10.4. The van der Waals surface area contributed by atoms with E-state index in [1.54, 1.807) is 12.1 Å². The summed E-state index contributed by atoms with van der Waals surface area (Å²) >= 11 is 0. The van der Waals surface area contributed by atoms with Crippen LogP contribution in [0.1, 0.15) is 46.0 Å². The average molecular weight is 434 g/mol. The molecule has 2 rings (SSSR count). The minimum Gasteiger partial charge on any atom is -0.495 e. The predicted molar refractivity (Wildman–Crippen MR) is 114 cm³/mol. The summed E-state index contributed by atoms with van der Waals surface area (Å²) in [5.74, 6) is 0.0798. The topological polar surface area (TPSA) is 102 Å².